The van der Waals surface area contributed by atoms with Crippen LogP contribution in [0.2, 0.25) is 5.02 Å². The monoisotopic (exact) mass is 359 g/mol. The van der Waals surface area contributed by atoms with E-state index in [1.54, 1.807) is 24.3 Å². The van der Waals surface area contributed by atoms with Gasteiger partial charge in [0.1, 0.15) is 0 Å². The molecule has 5 heteroatoms. The van der Waals surface area contributed by atoms with Gasteiger partial charge in [0.2, 0.25) is 5.95 Å². The van der Waals surface area contributed by atoms with Gasteiger partial charge >= 0.3 is 0 Å². The number of anilines is 1. The first-order valence-corrected chi connectivity index (χ1v) is 8.47. The number of carbonyl (C=O) groups excluding carboxylic acids is 1. The van der Waals surface area contributed by atoms with Crippen molar-refractivity contribution in [3.8, 4) is 11.3 Å². The summed E-state index contributed by atoms with van der Waals surface area (Å²) in [5.74, 6) is -0.0153. The van der Waals surface area contributed by atoms with Crippen LogP contribution in [0, 0.1) is 0 Å². The molecule has 0 unspecified atom stereocenters. The lowest BCUT2D eigenvalue weighted by atomic mass is 10.1. The molecule has 0 aliphatic heterocycles. The molecule has 0 aliphatic rings. The minimum absolute atomic E-state index is 0.266. The molecule has 3 aromatic carbocycles. The standard InChI is InChI=1S/C21H14ClN3O/c22-16-12-10-15(11-13-16)20(26)25-21-23-18-9-5-4-8-17(18)19(24-21)14-6-2-1-3-7-14/h1-13H,(H,23,24,25,26). The van der Waals surface area contributed by atoms with Crippen molar-refractivity contribution in [1.82, 2.24) is 9.97 Å². The van der Waals surface area contributed by atoms with E-state index in [0.717, 1.165) is 22.2 Å². The number of fused-ring (bicyclic) bond motifs is 1. The second-order valence-electron chi connectivity index (χ2n) is 5.74. The van der Waals surface area contributed by atoms with E-state index in [2.05, 4.69) is 15.3 Å². The second kappa shape index (κ2) is 6.94. The van der Waals surface area contributed by atoms with E-state index in [1.807, 2.05) is 54.6 Å². The third kappa shape index (κ3) is 3.27. The van der Waals surface area contributed by atoms with Crippen molar-refractivity contribution in [3.63, 3.8) is 0 Å². The van der Waals surface area contributed by atoms with Crippen LogP contribution in [-0.2, 0) is 0 Å². The summed E-state index contributed by atoms with van der Waals surface area (Å²) in [6, 6.07) is 24.3. The van der Waals surface area contributed by atoms with Gasteiger partial charge in [0.25, 0.3) is 5.91 Å². The van der Waals surface area contributed by atoms with Gasteiger partial charge in [-0.2, -0.15) is 0 Å². The molecule has 1 heterocycles. The van der Waals surface area contributed by atoms with E-state index in [9.17, 15) is 4.79 Å². The van der Waals surface area contributed by atoms with E-state index in [0.29, 0.717) is 10.6 Å². The summed E-state index contributed by atoms with van der Waals surface area (Å²) >= 11 is 5.87. The van der Waals surface area contributed by atoms with Gasteiger partial charge in [-0.05, 0) is 30.3 Å². The van der Waals surface area contributed by atoms with Gasteiger partial charge in [0.05, 0.1) is 11.2 Å². The smallest absolute Gasteiger partial charge is 0.258 e. The van der Waals surface area contributed by atoms with Crippen LogP contribution in [0.5, 0.6) is 0 Å². The molecule has 1 aromatic heterocycles. The van der Waals surface area contributed by atoms with Crippen molar-refractivity contribution in [2.45, 2.75) is 0 Å². The fourth-order valence-corrected chi connectivity index (χ4v) is 2.85. The molecule has 0 aliphatic carbocycles. The maximum atomic E-state index is 12.5. The zero-order valence-corrected chi connectivity index (χ0v) is 14.4. The highest BCUT2D eigenvalue weighted by Crippen LogP contribution is 2.27. The summed E-state index contributed by atoms with van der Waals surface area (Å²) < 4.78 is 0. The zero-order chi connectivity index (χ0) is 17.9. The second-order valence-corrected chi connectivity index (χ2v) is 6.18. The Balaban J connectivity index is 1.76. The number of para-hydroxylation sites is 1. The van der Waals surface area contributed by atoms with Crippen molar-refractivity contribution in [2.75, 3.05) is 5.32 Å². The highest BCUT2D eigenvalue weighted by atomic mass is 35.5. The minimum Gasteiger partial charge on any atom is -0.290 e. The number of hydrogen-bond acceptors (Lipinski definition) is 3. The van der Waals surface area contributed by atoms with Crippen LogP contribution in [0.15, 0.2) is 78.9 Å². The maximum Gasteiger partial charge on any atom is 0.258 e. The highest BCUT2D eigenvalue weighted by molar-refractivity contribution is 6.30. The summed E-state index contributed by atoms with van der Waals surface area (Å²) in [5, 5.41) is 4.29. The van der Waals surface area contributed by atoms with Crippen LogP contribution < -0.4 is 5.32 Å². The molecular formula is C21H14ClN3O. The molecule has 0 saturated heterocycles. The molecule has 0 radical (unpaired) electrons. The quantitative estimate of drug-likeness (QED) is 0.546. The Morgan fingerprint density at radius 3 is 2.27 bits per heavy atom. The molecule has 1 N–H and O–H groups in total. The van der Waals surface area contributed by atoms with Crippen LogP contribution in [0.4, 0.5) is 5.95 Å². The largest absolute Gasteiger partial charge is 0.290 e. The van der Waals surface area contributed by atoms with Crippen LogP contribution >= 0.6 is 11.6 Å². The first-order valence-electron chi connectivity index (χ1n) is 8.10. The van der Waals surface area contributed by atoms with Gasteiger partial charge in [0.15, 0.2) is 0 Å². The number of aromatic nitrogens is 2. The van der Waals surface area contributed by atoms with Crippen molar-refractivity contribution < 1.29 is 4.79 Å². The summed E-state index contributed by atoms with van der Waals surface area (Å²) in [5.41, 5.74) is 3.01. The predicted molar refractivity (Wildman–Crippen MR) is 104 cm³/mol. The number of amides is 1. The van der Waals surface area contributed by atoms with E-state index in [1.165, 1.54) is 0 Å². The SMILES string of the molecule is O=C(Nc1nc(-c2ccccc2)c2ccccc2n1)c1ccc(Cl)cc1. The summed E-state index contributed by atoms with van der Waals surface area (Å²) in [7, 11) is 0. The number of nitrogens with zero attached hydrogens (tertiary/aromatic N) is 2. The van der Waals surface area contributed by atoms with Crippen molar-refractivity contribution in [2.24, 2.45) is 0 Å². The minimum atomic E-state index is -0.282. The number of benzene rings is 3. The molecule has 26 heavy (non-hydrogen) atoms. The molecule has 4 aromatic rings. The van der Waals surface area contributed by atoms with E-state index in [-0.39, 0.29) is 11.9 Å². The third-order valence-electron chi connectivity index (χ3n) is 3.98. The van der Waals surface area contributed by atoms with Crippen molar-refractivity contribution in [3.05, 3.63) is 89.4 Å². The highest BCUT2D eigenvalue weighted by Gasteiger charge is 2.12. The normalized spacial score (nSPS) is 10.7. The van der Waals surface area contributed by atoms with E-state index >= 15 is 0 Å². The Morgan fingerprint density at radius 1 is 0.808 bits per heavy atom. The number of nitrogens with one attached hydrogen (secondary N) is 1. The molecule has 1 amide bonds. The Labute approximate surface area is 155 Å². The average molecular weight is 360 g/mol. The zero-order valence-electron chi connectivity index (χ0n) is 13.7. The lowest BCUT2D eigenvalue weighted by Crippen LogP contribution is -2.14. The third-order valence-corrected chi connectivity index (χ3v) is 4.23. The van der Waals surface area contributed by atoms with Gasteiger partial charge in [0, 0.05) is 21.5 Å². The lowest BCUT2D eigenvalue weighted by Gasteiger charge is -2.10. The lowest BCUT2D eigenvalue weighted by molar-refractivity contribution is 0.102. The topological polar surface area (TPSA) is 54.9 Å². The first-order chi connectivity index (χ1) is 12.7. The predicted octanol–water partition coefficient (Wildman–Crippen LogP) is 5.20. The number of rotatable bonds is 3. The molecular weight excluding hydrogens is 346 g/mol. The molecule has 0 bridgehead atoms. The number of halogens is 1. The van der Waals surface area contributed by atoms with Crippen LogP contribution in [0.1, 0.15) is 10.4 Å². The Morgan fingerprint density at radius 2 is 1.50 bits per heavy atom. The number of carbonyl (C=O) groups is 1. The van der Waals surface area contributed by atoms with Crippen LogP contribution in [-0.4, -0.2) is 15.9 Å². The van der Waals surface area contributed by atoms with Gasteiger partial charge in [-0.15, -0.1) is 0 Å². The van der Waals surface area contributed by atoms with Gasteiger partial charge in [-0.1, -0.05) is 60.1 Å². The van der Waals surface area contributed by atoms with Crippen LogP contribution in [0.25, 0.3) is 22.2 Å². The van der Waals surface area contributed by atoms with E-state index in [4.69, 9.17) is 11.6 Å². The summed E-state index contributed by atoms with van der Waals surface area (Å²) in [6.45, 7) is 0. The molecule has 4 rings (SSSR count). The molecule has 0 atom stereocenters. The van der Waals surface area contributed by atoms with Crippen LogP contribution in [0.3, 0.4) is 0 Å². The van der Waals surface area contributed by atoms with Crippen molar-refractivity contribution >= 4 is 34.4 Å². The Hall–Kier alpha value is -3.24. The molecule has 0 spiro atoms. The van der Waals surface area contributed by atoms with Gasteiger partial charge < -0.3 is 0 Å². The van der Waals surface area contributed by atoms with Gasteiger partial charge in [-0.3, -0.25) is 10.1 Å². The fourth-order valence-electron chi connectivity index (χ4n) is 2.72. The summed E-state index contributed by atoms with van der Waals surface area (Å²) in [4.78, 5) is 21.5. The fraction of sp³-hybridized carbons (Fsp3) is 0. The first kappa shape index (κ1) is 16.2. The Bertz CT molecular complexity index is 1080. The average Bonchev–Trinajstić information content (AvgIpc) is 2.68. The van der Waals surface area contributed by atoms with Crippen molar-refractivity contribution in [1.29, 1.82) is 0 Å². The molecule has 0 fully saturated rings. The Kier molecular flexibility index (Phi) is 4.33. The number of hydrogen-bond donors (Lipinski definition) is 1. The maximum absolute atomic E-state index is 12.5. The molecule has 126 valence electrons. The molecule has 0 saturated carbocycles. The molecule has 4 nitrogen and oxygen atoms in total. The summed E-state index contributed by atoms with van der Waals surface area (Å²) in [6.07, 6.45) is 0. The van der Waals surface area contributed by atoms with Gasteiger partial charge in [-0.25, -0.2) is 9.97 Å². The van der Waals surface area contributed by atoms with E-state index < -0.39 is 0 Å².